The number of nitrogens with zero attached hydrogens (tertiary/aromatic N) is 3. The number of hydrogen-bond acceptors (Lipinski definition) is 5. The van der Waals surface area contributed by atoms with Crippen molar-refractivity contribution >= 4 is 15.9 Å². The largest absolute Gasteiger partial charge is 0.380 e. The number of amides is 1. The van der Waals surface area contributed by atoms with E-state index in [2.05, 4.69) is 9.82 Å². The minimum absolute atomic E-state index is 0.0161. The van der Waals surface area contributed by atoms with Crippen molar-refractivity contribution in [1.82, 2.24) is 19.4 Å². The number of aryl methyl sites for hydroxylation is 1. The van der Waals surface area contributed by atoms with Crippen LogP contribution in [0, 0.1) is 5.41 Å². The smallest absolute Gasteiger partial charge is 0.257 e. The molecule has 0 aromatic carbocycles. The number of rotatable bonds is 3. The first kappa shape index (κ1) is 17.4. The summed E-state index contributed by atoms with van der Waals surface area (Å²) < 4.78 is 33.1. The number of nitrogens with one attached hydrogen (secondary N) is 1. The Morgan fingerprint density at radius 3 is 2.67 bits per heavy atom. The van der Waals surface area contributed by atoms with Crippen LogP contribution in [0.15, 0.2) is 12.4 Å². The van der Waals surface area contributed by atoms with E-state index in [-0.39, 0.29) is 17.4 Å². The van der Waals surface area contributed by atoms with Gasteiger partial charge in [0, 0.05) is 32.9 Å². The second-order valence-electron chi connectivity index (χ2n) is 6.82. The Labute approximate surface area is 142 Å². The molecule has 2 saturated heterocycles. The lowest BCUT2D eigenvalue weighted by atomic mass is 9.69. The third-order valence-electron chi connectivity index (χ3n) is 5.12. The van der Waals surface area contributed by atoms with Gasteiger partial charge in [0.2, 0.25) is 10.0 Å². The molecule has 1 aromatic heterocycles. The van der Waals surface area contributed by atoms with Gasteiger partial charge < -0.3 is 9.64 Å². The SMILES string of the molecule is Cn1cc(C(=O)N2CCC3(CCOC[C@@H]3NS(C)(=O)=O)CC2)cn1. The molecule has 0 unspecified atom stereocenters. The van der Waals surface area contributed by atoms with Gasteiger partial charge in [-0.25, -0.2) is 13.1 Å². The van der Waals surface area contributed by atoms with E-state index < -0.39 is 10.0 Å². The van der Waals surface area contributed by atoms with E-state index in [0.29, 0.717) is 31.9 Å². The minimum atomic E-state index is -3.29. The van der Waals surface area contributed by atoms with E-state index in [0.717, 1.165) is 19.3 Å². The van der Waals surface area contributed by atoms with Gasteiger partial charge in [0.1, 0.15) is 0 Å². The van der Waals surface area contributed by atoms with Crippen LogP contribution in [-0.2, 0) is 21.8 Å². The van der Waals surface area contributed by atoms with Crippen molar-refractivity contribution in [3.63, 3.8) is 0 Å². The highest BCUT2D eigenvalue weighted by Gasteiger charge is 2.45. The molecular formula is C15H24N4O4S. The first-order valence-electron chi connectivity index (χ1n) is 8.12. The fourth-order valence-electron chi connectivity index (χ4n) is 3.71. The Morgan fingerprint density at radius 1 is 1.38 bits per heavy atom. The van der Waals surface area contributed by atoms with E-state index >= 15 is 0 Å². The molecule has 1 aromatic rings. The average molecular weight is 356 g/mol. The zero-order valence-electron chi connectivity index (χ0n) is 14.1. The molecule has 134 valence electrons. The van der Waals surface area contributed by atoms with Gasteiger partial charge in [-0.2, -0.15) is 5.10 Å². The summed E-state index contributed by atoms with van der Waals surface area (Å²) >= 11 is 0. The normalized spacial score (nSPS) is 24.2. The molecule has 0 aliphatic carbocycles. The molecule has 0 saturated carbocycles. The van der Waals surface area contributed by atoms with Crippen LogP contribution >= 0.6 is 0 Å². The highest BCUT2D eigenvalue weighted by molar-refractivity contribution is 7.88. The van der Waals surface area contributed by atoms with Crippen LogP contribution in [-0.4, -0.2) is 67.6 Å². The van der Waals surface area contributed by atoms with Gasteiger partial charge in [-0.3, -0.25) is 9.48 Å². The molecule has 3 heterocycles. The van der Waals surface area contributed by atoms with Crippen LogP contribution in [0.4, 0.5) is 0 Å². The third kappa shape index (κ3) is 3.62. The van der Waals surface area contributed by atoms with Crippen molar-refractivity contribution in [1.29, 1.82) is 0 Å². The molecule has 24 heavy (non-hydrogen) atoms. The molecule has 1 N–H and O–H groups in total. The van der Waals surface area contributed by atoms with Crippen molar-refractivity contribution in [2.24, 2.45) is 12.5 Å². The van der Waals surface area contributed by atoms with Crippen molar-refractivity contribution in [3.05, 3.63) is 18.0 Å². The first-order valence-corrected chi connectivity index (χ1v) is 10.0. The van der Waals surface area contributed by atoms with E-state index in [9.17, 15) is 13.2 Å². The summed E-state index contributed by atoms with van der Waals surface area (Å²) in [4.78, 5) is 14.4. The lowest BCUT2D eigenvalue weighted by molar-refractivity contribution is -0.0400. The molecule has 2 aliphatic heterocycles. The summed E-state index contributed by atoms with van der Waals surface area (Å²) in [5, 5.41) is 4.04. The van der Waals surface area contributed by atoms with Crippen molar-refractivity contribution in [2.45, 2.75) is 25.3 Å². The summed E-state index contributed by atoms with van der Waals surface area (Å²) in [6, 6.07) is -0.225. The van der Waals surface area contributed by atoms with Crippen LogP contribution in [0.3, 0.4) is 0 Å². The molecular weight excluding hydrogens is 332 g/mol. The lowest BCUT2D eigenvalue weighted by Gasteiger charge is -2.48. The fourth-order valence-corrected chi connectivity index (χ4v) is 4.55. The molecule has 1 atom stereocenters. The summed E-state index contributed by atoms with van der Waals surface area (Å²) in [5.41, 5.74) is 0.457. The van der Waals surface area contributed by atoms with Gasteiger partial charge in [0.25, 0.3) is 5.91 Å². The summed E-state index contributed by atoms with van der Waals surface area (Å²) in [7, 11) is -1.51. The van der Waals surface area contributed by atoms with Crippen molar-refractivity contribution < 1.29 is 17.9 Å². The summed E-state index contributed by atoms with van der Waals surface area (Å²) in [6.45, 7) is 2.27. The van der Waals surface area contributed by atoms with Gasteiger partial charge in [0.15, 0.2) is 0 Å². The number of carbonyl (C=O) groups is 1. The zero-order chi connectivity index (χ0) is 17.4. The number of likely N-dealkylation sites (tertiary alicyclic amines) is 1. The Morgan fingerprint density at radius 2 is 2.08 bits per heavy atom. The number of ether oxygens (including phenoxy) is 1. The Kier molecular flexibility index (Phi) is 4.67. The maximum Gasteiger partial charge on any atom is 0.257 e. The zero-order valence-corrected chi connectivity index (χ0v) is 14.9. The first-order chi connectivity index (χ1) is 11.3. The predicted molar refractivity (Wildman–Crippen MR) is 88.0 cm³/mol. The minimum Gasteiger partial charge on any atom is -0.380 e. The van der Waals surface area contributed by atoms with Crippen LogP contribution < -0.4 is 4.72 Å². The number of carbonyl (C=O) groups excluding carboxylic acids is 1. The number of aromatic nitrogens is 2. The molecule has 0 radical (unpaired) electrons. The van der Waals surface area contributed by atoms with E-state index in [4.69, 9.17) is 4.74 Å². The van der Waals surface area contributed by atoms with Crippen molar-refractivity contribution in [3.8, 4) is 0 Å². The Balaban J connectivity index is 1.69. The van der Waals surface area contributed by atoms with Gasteiger partial charge in [0.05, 0.1) is 30.7 Å². The molecule has 1 spiro atoms. The number of piperidine rings is 1. The standard InChI is InChI=1S/C15H24N4O4S/c1-18-10-12(9-16-18)14(20)19-6-3-15(4-7-19)5-8-23-11-13(15)17-24(2,21)22/h9-10,13,17H,3-8,11H2,1-2H3/t13-/m0/s1. The second-order valence-corrected chi connectivity index (χ2v) is 8.60. The predicted octanol–water partition coefficient (Wildman–Crippen LogP) is -0.0194. The lowest BCUT2D eigenvalue weighted by Crippen LogP contribution is -2.57. The monoisotopic (exact) mass is 356 g/mol. The fraction of sp³-hybridized carbons (Fsp3) is 0.733. The third-order valence-corrected chi connectivity index (χ3v) is 5.84. The van der Waals surface area contributed by atoms with Crippen LogP contribution in [0.1, 0.15) is 29.6 Å². The highest BCUT2D eigenvalue weighted by Crippen LogP contribution is 2.41. The van der Waals surface area contributed by atoms with Crippen LogP contribution in [0.5, 0.6) is 0 Å². The maximum atomic E-state index is 12.5. The van der Waals surface area contributed by atoms with E-state index in [1.165, 1.54) is 6.26 Å². The highest BCUT2D eigenvalue weighted by atomic mass is 32.2. The topological polar surface area (TPSA) is 93.5 Å². The van der Waals surface area contributed by atoms with Gasteiger partial charge in [-0.1, -0.05) is 0 Å². The molecule has 0 bridgehead atoms. The Bertz CT molecular complexity index is 707. The van der Waals surface area contributed by atoms with E-state index in [1.54, 1.807) is 24.1 Å². The number of hydrogen-bond donors (Lipinski definition) is 1. The maximum absolute atomic E-state index is 12.5. The molecule has 9 heteroatoms. The van der Waals surface area contributed by atoms with E-state index in [1.807, 2.05) is 4.90 Å². The van der Waals surface area contributed by atoms with Crippen molar-refractivity contribution in [2.75, 3.05) is 32.6 Å². The average Bonchev–Trinajstić information content (AvgIpc) is 2.95. The second kappa shape index (κ2) is 6.45. The molecule has 3 rings (SSSR count). The van der Waals surface area contributed by atoms with Gasteiger partial charge >= 0.3 is 0 Å². The van der Waals surface area contributed by atoms with Gasteiger partial charge in [-0.05, 0) is 24.7 Å². The molecule has 1 amide bonds. The van der Waals surface area contributed by atoms with Crippen LogP contribution in [0.2, 0.25) is 0 Å². The molecule has 8 nitrogen and oxygen atoms in total. The Hall–Kier alpha value is -1.45. The molecule has 2 fully saturated rings. The number of sulfonamides is 1. The van der Waals surface area contributed by atoms with Gasteiger partial charge in [-0.15, -0.1) is 0 Å². The van der Waals surface area contributed by atoms with Crippen LogP contribution in [0.25, 0.3) is 0 Å². The quantitative estimate of drug-likeness (QED) is 0.822. The summed E-state index contributed by atoms with van der Waals surface area (Å²) in [6.07, 6.45) is 6.83. The summed E-state index contributed by atoms with van der Waals surface area (Å²) in [5.74, 6) is -0.0161. The molecule has 2 aliphatic rings.